The summed E-state index contributed by atoms with van der Waals surface area (Å²) in [5, 5.41) is 11.1. The molecule has 0 heterocycles. The molecule has 1 unspecified atom stereocenters. The van der Waals surface area contributed by atoms with E-state index in [1.54, 1.807) is 19.9 Å². The second kappa shape index (κ2) is 5.70. The molecule has 1 aromatic rings. The first-order valence-electron chi connectivity index (χ1n) is 6.74. The van der Waals surface area contributed by atoms with Gasteiger partial charge in [0.2, 0.25) is 10.0 Å². The molecule has 1 aliphatic rings. The Balaban J connectivity index is 2.33. The highest BCUT2D eigenvalue weighted by Gasteiger charge is 2.32. The van der Waals surface area contributed by atoms with E-state index < -0.39 is 20.6 Å². The molecule has 3 N–H and O–H groups in total. The largest absolute Gasteiger partial charge is 0.326 e. The lowest BCUT2D eigenvalue weighted by atomic mass is 10.1. The topological polar surface area (TPSA) is 115 Å². The molecule has 1 atom stereocenters. The predicted octanol–water partition coefficient (Wildman–Crippen LogP) is 1.23. The molecule has 0 bridgehead atoms. The molecule has 116 valence electrons. The first-order chi connectivity index (χ1) is 9.74. The van der Waals surface area contributed by atoms with Gasteiger partial charge in [0.05, 0.1) is 4.92 Å². The number of nitrogens with one attached hydrogen (secondary N) is 1. The van der Waals surface area contributed by atoms with Crippen molar-refractivity contribution in [3.8, 4) is 0 Å². The lowest BCUT2D eigenvalue weighted by molar-refractivity contribution is -0.387. The van der Waals surface area contributed by atoms with Gasteiger partial charge in [-0.3, -0.25) is 10.1 Å². The minimum Gasteiger partial charge on any atom is -0.326 e. The summed E-state index contributed by atoms with van der Waals surface area (Å²) in [6.07, 6.45) is 2.01. The van der Waals surface area contributed by atoms with Gasteiger partial charge in [0.25, 0.3) is 5.69 Å². The average Bonchev–Trinajstić information content (AvgIpc) is 3.22. The summed E-state index contributed by atoms with van der Waals surface area (Å²) >= 11 is 0. The molecular weight excluding hydrogens is 294 g/mol. The Hall–Kier alpha value is -1.51. The number of nitrogens with zero attached hydrogens (tertiary/aromatic N) is 1. The molecule has 2 rings (SSSR count). The standard InChI is InChI=1S/C13H19N3O4S/c1-8-3-6-12(16(17)18)13(9(8)2)21(19,20)15-7-11(14)10-4-5-10/h3,6,10-11,15H,4-5,7,14H2,1-2H3. The van der Waals surface area contributed by atoms with Crippen LogP contribution in [-0.4, -0.2) is 25.9 Å². The van der Waals surface area contributed by atoms with E-state index in [1.807, 2.05) is 0 Å². The maximum absolute atomic E-state index is 12.4. The van der Waals surface area contributed by atoms with Gasteiger partial charge in [-0.2, -0.15) is 0 Å². The summed E-state index contributed by atoms with van der Waals surface area (Å²) in [4.78, 5) is 10.1. The molecule has 7 nitrogen and oxygen atoms in total. The zero-order chi connectivity index (χ0) is 15.8. The molecule has 0 amide bonds. The fourth-order valence-electron chi connectivity index (χ4n) is 2.23. The van der Waals surface area contributed by atoms with Crippen LogP contribution in [0, 0.1) is 29.9 Å². The van der Waals surface area contributed by atoms with Crippen molar-refractivity contribution in [1.29, 1.82) is 0 Å². The number of aryl methyl sites for hydroxylation is 1. The summed E-state index contributed by atoms with van der Waals surface area (Å²) < 4.78 is 27.2. The lowest BCUT2D eigenvalue weighted by Gasteiger charge is -2.14. The van der Waals surface area contributed by atoms with E-state index >= 15 is 0 Å². The molecule has 1 aromatic carbocycles. The van der Waals surface area contributed by atoms with E-state index in [1.165, 1.54) is 6.07 Å². The van der Waals surface area contributed by atoms with Crippen molar-refractivity contribution in [3.63, 3.8) is 0 Å². The summed E-state index contributed by atoms with van der Waals surface area (Å²) in [5.74, 6) is 0.348. The molecule has 0 aromatic heterocycles. The van der Waals surface area contributed by atoms with Crippen molar-refractivity contribution in [2.24, 2.45) is 11.7 Å². The molecule has 0 saturated heterocycles. The maximum atomic E-state index is 12.4. The Labute approximate surface area is 123 Å². The van der Waals surface area contributed by atoms with E-state index in [2.05, 4.69) is 4.72 Å². The van der Waals surface area contributed by atoms with Crippen LogP contribution in [0.15, 0.2) is 17.0 Å². The van der Waals surface area contributed by atoms with Crippen LogP contribution in [-0.2, 0) is 10.0 Å². The van der Waals surface area contributed by atoms with Crippen molar-refractivity contribution in [2.45, 2.75) is 37.6 Å². The number of rotatable bonds is 6. The Kier molecular flexibility index (Phi) is 4.31. The van der Waals surface area contributed by atoms with E-state index in [-0.39, 0.29) is 17.5 Å². The van der Waals surface area contributed by atoms with Crippen LogP contribution >= 0.6 is 0 Å². The van der Waals surface area contributed by atoms with Crippen molar-refractivity contribution in [2.75, 3.05) is 6.54 Å². The molecule has 0 radical (unpaired) electrons. The third-order valence-corrected chi connectivity index (χ3v) is 5.46. The van der Waals surface area contributed by atoms with E-state index in [0.29, 0.717) is 17.0 Å². The number of nitro benzene ring substituents is 1. The van der Waals surface area contributed by atoms with Crippen LogP contribution in [0.5, 0.6) is 0 Å². The highest BCUT2D eigenvalue weighted by atomic mass is 32.2. The second-order valence-corrected chi connectivity index (χ2v) is 7.17. The highest BCUT2D eigenvalue weighted by molar-refractivity contribution is 7.89. The molecule has 1 fully saturated rings. The Bertz CT molecular complexity index is 668. The SMILES string of the molecule is Cc1ccc([N+](=O)[O-])c(S(=O)(=O)NCC(N)C2CC2)c1C. The zero-order valence-corrected chi connectivity index (χ0v) is 12.8. The third-order valence-electron chi connectivity index (χ3n) is 3.86. The summed E-state index contributed by atoms with van der Waals surface area (Å²) in [7, 11) is -3.96. The van der Waals surface area contributed by atoms with Crippen molar-refractivity contribution < 1.29 is 13.3 Å². The lowest BCUT2D eigenvalue weighted by Crippen LogP contribution is -2.38. The second-order valence-electron chi connectivity index (χ2n) is 5.47. The van der Waals surface area contributed by atoms with Crippen LogP contribution in [0.4, 0.5) is 5.69 Å². The zero-order valence-electron chi connectivity index (χ0n) is 12.0. The van der Waals surface area contributed by atoms with Gasteiger partial charge in [-0.15, -0.1) is 0 Å². The molecule has 8 heteroatoms. The van der Waals surface area contributed by atoms with Gasteiger partial charge in [0, 0.05) is 18.7 Å². The van der Waals surface area contributed by atoms with Gasteiger partial charge in [-0.1, -0.05) is 6.07 Å². The first-order valence-corrected chi connectivity index (χ1v) is 8.22. The van der Waals surface area contributed by atoms with Crippen LogP contribution in [0.25, 0.3) is 0 Å². The number of nitrogens with two attached hydrogens (primary N) is 1. The minimum atomic E-state index is -3.96. The van der Waals surface area contributed by atoms with Crippen molar-refractivity contribution in [1.82, 2.24) is 4.72 Å². The van der Waals surface area contributed by atoms with Crippen LogP contribution in [0.1, 0.15) is 24.0 Å². The monoisotopic (exact) mass is 313 g/mol. The maximum Gasteiger partial charge on any atom is 0.289 e. The summed E-state index contributed by atoms with van der Waals surface area (Å²) in [5.41, 5.74) is 6.53. The summed E-state index contributed by atoms with van der Waals surface area (Å²) in [6.45, 7) is 3.38. The molecule has 0 aliphatic heterocycles. The van der Waals surface area contributed by atoms with Crippen molar-refractivity contribution >= 4 is 15.7 Å². The quantitative estimate of drug-likeness (QED) is 0.605. The minimum absolute atomic E-state index is 0.0948. The molecule has 1 aliphatic carbocycles. The Morgan fingerprint density at radius 2 is 2.05 bits per heavy atom. The molecule has 21 heavy (non-hydrogen) atoms. The fourth-order valence-corrected chi connectivity index (χ4v) is 3.77. The molecular formula is C13H19N3O4S. The van der Waals surface area contributed by atoms with Crippen molar-refractivity contribution in [3.05, 3.63) is 33.4 Å². The smallest absolute Gasteiger partial charge is 0.289 e. The number of hydrogen-bond donors (Lipinski definition) is 2. The number of benzene rings is 1. The predicted molar refractivity (Wildman–Crippen MR) is 78.5 cm³/mol. The van der Waals surface area contributed by atoms with E-state index in [0.717, 1.165) is 12.8 Å². The Morgan fingerprint density at radius 1 is 1.43 bits per heavy atom. The van der Waals surface area contributed by atoms with Gasteiger partial charge in [-0.25, -0.2) is 13.1 Å². The number of hydrogen-bond acceptors (Lipinski definition) is 5. The van der Waals surface area contributed by atoms with E-state index in [9.17, 15) is 18.5 Å². The van der Waals surface area contributed by atoms with E-state index in [4.69, 9.17) is 5.73 Å². The number of nitro groups is 1. The van der Waals surface area contributed by atoms with Crippen LogP contribution < -0.4 is 10.5 Å². The average molecular weight is 313 g/mol. The van der Waals surface area contributed by atoms with Crippen LogP contribution in [0.2, 0.25) is 0 Å². The highest BCUT2D eigenvalue weighted by Crippen LogP contribution is 2.32. The normalized spacial score (nSPS) is 16.7. The summed E-state index contributed by atoms with van der Waals surface area (Å²) in [6, 6.07) is 2.52. The van der Waals surface area contributed by atoms with Gasteiger partial charge >= 0.3 is 0 Å². The van der Waals surface area contributed by atoms with Gasteiger partial charge in [0.1, 0.15) is 0 Å². The van der Waals surface area contributed by atoms with Crippen LogP contribution in [0.3, 0.4) is 0 Å². The molecule has 1 saturated carbocycles. The first kappa shape index (κ1) is 15.9. The fraction of sp³-hybridized carbons (Fsp3) is 0.538. The number of sulfonamides is 1. The van der Waals surface area contributed by atoms with Gasteiger partial charge in [-0.05, 0) is 43.7 Å². The Morgan fingerprint density at radius 3 is 2.57 bits per heavy atom. The van der Waals surface area contributed by atoms with Gasteiger partial charge in [0.15, 0.2) is 4.90 Å². The van der Waals surface area contributed by atoms with Gasteiger partial charge < -0.3 is 5.73 Å². The third kappa shape index (κ3) is 3.39. The molecule has 0 spiro atoms.